The maximum atomic E-state index is 12.8. The minimum Gasteiger partial charge on any atom is -0.481 e. The summed E-state index contributed by atoms with van der Waals surface area (Å²) in [6, 6.07) is -2.36. The lowest BCUT2D eigenvalue weighted by atomic mass is 9.79. The largest absolute Gasteiger partial charge is 0.481 e. The number of aliphatic hydroxyl groups is 1. The molecule has 0 unspecified atom stereocenters. The van der Waals surface area contributed by atoms with Gasteiger partial charge in [0, 0.05) is 75.8 Å². The minimum absolute atomic E-state index is 0.0275. The van der Waals surface area contributed by atoms with Crippen LogP contribution in [-0.4, -0.2) is 187 Å². The number of ketones is 3. The number of nitrogens with one attached hydrogen (secondary N) is 4. The molecule has 0 spiro atoms. The third-order valence-corrected chi connectivity index (χ3v) is 13.0. The van der Waals surface area contributed by atoms with E-state index in [1.54, 1.807) is 6.92 Å². The second-order valence-electron chi connectivity index (χ2n) is 17.9. The van der Waals surface area contributed by atoms with Crippen LogP contribution in [0.25, 0.3) is 0 Å². The van der Waals surface area contributed by atoms with Crippen molar-refractivity contribution in [1.29, 1.82) is 0 Å². The lowest BCUT2D eigenvalue weighted by Crippen LogP contribution is -2.44. The number of rotatable bonds is 46. The molecule has 4 atom stereocenters. The molecule has 1 fully saturated rings. The van der Waals surface area contributed by atoms with Crippen LogP contribution in [0.2, 0.25) is 0 Å². The second kappa shape index (κ2) is 40.3. The number of unbranched alkanes of at least 4 members (excludes halogenated alkanes) is 1. The molecule has 1 aliphatic carbocycles. The molecule has 0 aromatic rings. The Morgan fingerprint density at radius 3 is 1.79 bits per heavy atom. The molecule has 0 saturated heterocycles. The molecule has 1 saturated carbocycles. The van der Waals surface area contributed by atoms with Gasteiger partial charge in [-0.05, 0) is 76.5 Å². The van der Waals surface area contributed by atoms with Crippen molar-refractivity contribution >= 4 is 76.6 Å². The summed E-state index contributed by atoms with van der Waals surface area (Å²) in [4.78, 5) is 131. The van der Waals surface area contributed by atoms with Gasteiger partial charge in [0.15, 0.2) is 0 Å². The molecule has 1 aliphatic rings. The van der Waals surface area contributed by atoms with Gasteiger partial charge in [0.2, 0.25) is 23.6 Å². The van der Waals surface area contributed by atoms with Gasteiger partial charge in [0.05, 0.1) is 51.3 Å². The standard InChI is InChI=1S/C48H78N4O20S/c1-32(40(56)26-35(27-53)46(63)64)30-73-31-43(59)49-18-3-2-8-38(47(65)66)51-42(58)29-72-25-23-70-21-19-50-41(57)28-71-24-22-69-20-5-7-37(55)16-17-39(48(67)68)52-45(62)34-13-10-33(11-14-34)12-15-36(54)6-4-9-44(60)61/h32-35,38-39,53H,2-31H2,1H3,(H,49,59)(H,50,57)(H,51,58)(H,52,62)(H,60,61)(H,63,64)(H,65,66)(H,67,68)/t32-,33?,34?,35-,38-,39+/m0/s1. The highest BCUT2D eigenvalue weighted by Gasteiger charge is 2.30. The Bertz CT molecular complexity index is 1750. The number of aliphatic carboxylic acids is 4. The summed E-state index contributed by atoms with van der Waals surface area (Å²) in [5.74, 6) is -8.10. The van der Waals surface area contributed by atoms with Gasteiger partial charge in [-0.15, -0.1) is 0 Å². The molecular formula is C48H78N4O20S. The monoisotopic (exact) mass is 1060 g/mol. The predicted molar refractivity (Wildman–Crippen MR) is 261 cm³/mol. The van der Waals surface area contributed by atoms with E-state index in [1.807, 2.05) is 0 Å². The first-order chi connectivity index (χ1) is 34.8. The number of aliphatic hydroxyl groups excluding tert-OH is 1. The average Bonchev–Trinajstić information content (AvgIpc) is 3.34. The zero-order chi connectivity index (χ0) is 54.4. The van der Waals surface area contributed by atoms with Gasteiger partial charge in [0.25, 0.3) is 0 Å². The van der Waals surface area contributed by atoms with E-state index in [9.17, 15) is 63.0 Å². The number of hydrogen-bond acceptors (Lipinski definition) is 17. The fourth-order valence-corrected chi connectivity index (χ4v) is 8.36. The van der Waals surface area contributed by atoms with Crippen LogP contribution in [0.1, 0.15) is 116 Å². The quantitative estimate of drug-likeness (QED) is 0.0386. The first-order valence-electron chi connectivity index (χ1n) is 24.9. The molecule has 1 rings (SSSR count). The highest BCUT2D eigenvalue weighted by molar-refractivity contribution is 7.99. The molecule has 9 N–H and O–H groups in total. The van der Waals surface area contributed by atoms with Gasteiger partial charge in [-0.1, -0.05) is 6.92 Å². The summed E-state index contributed by atoms with van der Waals surface area (Å²) in [6.07, 6.45) is 5.34. The Morgan fingerprint density at radius 1 is 0.575 bits per heavy atom. The molecule has 73 heavy (non-hydrogen) atoms. The van der Waals surface area contributed by atoms with Crippen molar-refractivity contribution in [3.8, 4) is 0 Å². The number of amides is 4. The van der Waals surface area contributed by atoms with Gasteiger partial charge < -0.3 is 65.7 Å². The van der Waals surface area contributed by atoms with Crippen LogP contribution in [-0.2, 0) is 71.7 Å². The van der Waals surface area contributed by atoms with E-state index < -0.39 is 66.9 Å². The van der Waals surface area contributed by atoms with E-state index in [1.165, 1.54) is 11.8 Å². The molecule has 4 amide bonds. The number of Topliss-reactive ketones (excluding diaryl/α,β-unsaturated/α-hetero) is 3. The van der Waals surface area contributed by atoms with Crippen molar-refractivity contribution in [2.75, 3.05) is 84.1 Å². The van der Waals surface area contributed by atoms with E-state index in [0.29, 0.717) is 57.1 Å². The molecule has 416 valence electrons. The Balaban J connectivity index is 2.05. The van der Waals surface area contributed by atoms with Crippen molar-refractivity contribution in [2.45, 2.75) is 128 Å². The lowest BCUT2D eigenvalue weighted by molar-refractivity contribution is -0.145. The van der Waals surface area contributed by atoms with E-state index in [2.05, 4.69) is 21.3 Å². The average molecular weight is 1060 g/mol. The van der Waals surface area contributed by atoms with Gasteiger partial charge in [-0.2, -0.15) is 11.8 Å². The summed E-state index contributed by atoms with van der Waals surface area (Å²) in [7, 11) is 0. The second-order valence-corrected chi connectivity index (χ2v) is 18.9. The van der Waals surface area contributed by atoms with Crippen LogP contribution in [0.5, 0.6) is 0 Å². The fraction of sp³-hybridized carbons (Fsp3) is 0.771. The van der Waals surface area contributed by atoms with Gasteiger partial charge in [-0.25, -0.2) is 9.59 Å². The first kappa shape index (κ1) is 65.9. The Labute approximate surface area is 429 Å². The van der Waals surface area contributed by atoms with Gasteiger partial charge in [0.1, 0.15) is 42.6 Å². The van der Waals surface area contributed by atoms with Crippen LogP contribution < -0.4 is 21.3 Å². The first-order valence-corrected chi connectivity index (χ1v) is 26.1. The molecule has 24 nitrogen and oxygen atoms in total. The van der Waals surface area contributed by atoms with E-state index in [-0.39, 0.29) is 157 Å². The topological polar surface area (TPSA) is 374 Å². The zero-order valence-electron chi connectivity index (χ0n) is 41.9. The van der Waals surface area contributed by atoms with Crippen molar-refractivity contribution in [3.63, 3.8) is 0 Å². The molecule has 0 aromatic heterocycles. The molecule has 0 heterocycles. The third-order valence-electron chi connectivity index (χ3n) is 11.8. The number of carbonyl (C=O) groups is 11. The van der Waals surface area contributed by atoms with Crippen LogP contribution >= 0.6 is 11.8 Å². The smallest absolute Gasteiger partial charge is 0.326 e. The summed E-state index contributed by atoms with van der Waals surface area (Å²) in [5.41, 5.74) is 0. The SMILES string of the molecule is C[C@@H](CSCC(=O)NCCCC[C@H](NC(=O)COCCOCCNC(=O)COCCOCCCC(=O)CC[C@@H](NC(=O)C1CCC(CCC(=O)CCCC(=O)O)CC1)C(=O)O)C(=O)O)C(=O)C[C@@H](CO)C(=O)O. The van der Waals surface area contributed by atoms with Gasteiger partial charge in [-0.3, -0.25) is 43.2 Å². The fourth-order valence-electron chi connectivity index (χ4n) is 7.41. The highest BCUT2D eigenvalue weighted by atomic mass is 32.2. The lowest BCUT2D eigenvalue weighted by Gasteiger charge is -2.28. The summed E-state index contributed by atoms with van der Waals surface area (Å²) in [6.45, 7) is 1.61. The molecule has 0 bridgehead atoms. The van der Waals surface area contributed by atoms with Crippen molar-refractivity contribution in [1.82, 2.24) is 21.3 Å². The van der Waals surface area contributed by atoms with E-state index >= 15 is 0 Å². The van der Waals surface area contributed by atoms with Crippen molar-refractivity contribution in [3.05, 3.63) is 0 Å². The maximum Gasteiger partial charge on any atom is 0.326 e. The Hall–Kier alpha value is -5.08. The normalized spacial score (nSPS) is 16.0. The summed E-state index contributed by atoms with van der Waals surface area (Å²) >= 11 is 1.21. The van der Waals surface area contributed by atoms with Crippen LogP contribution in [0.3, 0.4) is 0 Å². The van der Waals surface area contributed by atoms with Crippen LogP contribution in [0.4, 0.5) is 0 Å². The Morgan fingerprint density at radius 2 is 1.16 bits per heavy atom. The van der Waals surface area contributed by atoms with Crippen LogP contribution in [0, 0.1) is 23.7 Å². The summed E-state index contributed by atoms with van der Waals surface area (Å²) in [5, 5.41) is 56.2. The zero-order valence-corrected chi connectivity index (χ0v) is 42.8. The number of carbonyl (C=O) groups excluding carboxylic acids is 7. The van der Waals surface area contributed by atoms with Crippen molar-refractivity contribution in [2.24, 2.45) is 23.7 Å². The molecule has 0 aromatic carbocycles. The Kier molecular flexibility index (Phi) is 36.4. The van der Waals surface area contributed by atoms with E-state index in [0.717, 1.165) is 12.8 Å². The number of ether oxygens (including phenoxy) is 4. The molecule has 0 radical (unpaired) electrons. The number of carboxylic acid groups (broad SMARTS) is 4. The van der Waals surface area contributed by atoms with Gasteiger partial charge >= 0.3 is 23.9 Å². The predicted octanol–water partition coefficient (Wildman–Crippen LogP) is 1.16. The summed E-state index contributed by atoms with van der Waals surface area (Å²) < 4.78 is 21.3. The number of hydrogen-bond donors (Lipinski definition) is 9. The molecular weight excluding hydrogens is 985 g/mol. The minimum atomic E-state index is -1.25. The van der Waals surface area contributed by atoms with E-state index in [4.69, 9.17) is 34.3 Å². The van der Waals surface area contributed by atoms with Crippen molar-refractivity contribution < 1.29 is 97.2 Å². The molecule has 0 aliphatic heterocycles. The molecule has 25 heteroatoms. The van der Waals surface area contributed by atoms with Crippen LogP contribution in [0.15, 0.2) is 0 Å². The number of thioether (sulfide) groups is 1. The highest BCUT2D eigenvalue weighted by Crippen LogP contribution is 2.32. The maximum absolute atomic E-state index is 12.8. The third kappa shape index (κ3) is 34.1. The number of carboxylic acids is 4.